The zero-order valence-corrected chi connectivity index (χ0v) is 11.2. The van der Waals surface area contributed by atoms with Crippen LogP contribution in [0.25, 0.3) is 0 Å². The van der Waals surface area contributed by atoms with E-state index in [2.05, 4.69) is 53.9 Å². The predicted octanol–water partition coefficient (Wildman–Crippen LogP) is 3.05. The standard InChI is InChI=1S/C12H18BrNO/c1-12(2)8-15-11(14(12)3)9-4-6-10(13)7-5-9/h4,6,11H,5,7-8H2,1-3H3. The molecule has 0 aromatic heterocycles. The van der Waals surface area contributed by atoms with Gasteiger partial charge in [0.2, 0.25) is 0 Å². The lowest BCUT2D eigenvalue weighted by molar-refractivity contribution is 0.0690. The number of hydrogen-bond acceptors (Lipinski definition) is 2. The van der Waals surface area contributed by atoms with Gasteiger partial charge in [-0.1, -0.05) is 28.1 Å². The minimum absolute atomic E-state index is 0.157. The van der Waals surface area contributed by atoms with E-state index in [1.165, 1.54) is 10.1 Å². The van der Waals surface area contributed by atoms with Crippen molar-refractivity contribution in [3.63, 3.8) is 0 Å². The molecule has 1 heterocycles. The summed E-state index contributed by atoms with van der Waals surface area (Å²) in [6.07, 6.45) is 6.71. The molecule has 1 saturated heterocycles. The molecular formula is C12H18BrNO. The molecule has 84 valence electrons. The molecule has 2 rings (SSSR count). The van der Waals surface area contributed by atoms with Crippen molar-refractivity contribution in [2.24, 2.45) is 0 Å². The van der Waals surface area contributed by atoms with Gasteiger partial charge in [-0.05, 0) is 43.8 Å². The van der Waals surface area contributed by atoms with Crippen molar-refractivity contribution < 1.29 is 4.74 Å². The minimum atomic E-state index is 0.157. The summed E-state index contributed by atoms with van der Waals surface area (Å²) in [5.74, 6) is 0. The highest BCUT2D eigenvalue weighted by molar-refractivity contribution is 9.11. The Bertz CT molecular complexity index is 320. The molecule has 1 atom stereocenters. The Kier molecular flexibility index (Phi) is 3.06. The number of likely N-dealkylation sites (N-methyl/N-ethyl adjacent to an activating group) is 1. The molecule has 0 bridgehead atoms. The van der Waals surface area contributed by atoms with Crippen molar-refractivity contribution in [2.75, 3.05) is 13.7 Å². The third-order valence-electron chi connectivity index (χ3n) is 3.35. The Morgan fingerprint density at radius 2 is 2.13 bits per heavy atom. The summed E-state index contributed by atoms with van der Waals surface area (Å²) in [7, 11) is 2.14. The Morgan fingerprint density at radius 1 is 1.40 bits per heavy atom. The van der Waals surface area contributed by atoms with Crippen molar-refractivity contribution in [2.45, 2.75) is 38.5 Å². The van der Waals surface area contributed by atoms with Crippen molar-refractivity contribution in [3.05, 3.63) is 22.2 Å². The highest BCUT2D eigenvalue weighted by atomic mass is 79.9. The summed E-state index contributed by atoms with van der Waals surface area (Å²) in [6.45, 7) is 5.26. The molecule has 1 fully saturated rings. The summed E-state index contributed by atoms with van der Waals surface area (Å²) in [6, 6.07) is 0. The lowest BCUT2D eigenvalue weighted by atomic mass is 10.0. The van der Waals surface area contributed by atoms with E-state index in [1.54, 1.807) is 0 Å². The molecule has 2 aliphatic rings. The van der Waals surface area contributed by atoms with Crippen LogP contribution >= 0.6 is 15.9 Å². The normalized spacial score (nSPS) is 31.3. The monoisotopic (exact) mass is 271 g/mol. The van der Waals surface area contributed by atoms with Crippen LogP contribution in [-0.2, 0) is 4.74 Å². The Labute approximate surface area is 100 Å². The van der Waals surface area contributed by atoms with E-state index in [9.17, 15) is 0 Å². The van der Waals surface area contributed by atoms with Gasteiger partial charge < -0.3 is 4.74 Å². The highest BCUT2D eigenvalue weighted by Gasteiger charge is 2.39. The Morgan fingerprint density at radius 3 is 2.60 bits per heavy atom. The van der Waals surface area contributed by atoms with Crippen LogP contribution in [0.5, 0.6) is 0 Å². The van der Waals surface area contributed by atoms with Gasteiger partial charge in [-0.3, -0.25) is 4.90 Å². The predicted molar refractivity (Wildman–Crippen MR) is 65.9 cm³/mol. The molecule has 2 nitrogen and oxygen atoms in total. The Balaban J connectivity index is 2.14. The maximum absolute atomic E-state index is 5.87. The Hall–Kier alpha value is -0.120. The van der Waals surface area contributed by atoms with Crippen molar-refractivity contribution in [1.82, 2.24) is 4.90 Å². The fourth-order valence-corrected chi connectivity index (χ4v) is 2.33. The molecule has 1 unspecified atom stereocenters. The lowest BCUT2D eigenvalue weighted by Crippen LogP contribution is -2.41. The molecular weight excluding hydrogens is 254 g/mol. The van der Waals surface area contributed by atoms with Crippen LogP contribution in [-0.4, -0.2) is 30.3 Å². The van der Waals surface area contributed by atoms with Crippen LogP contribution in [0.15, 0.2) is 22.2 Å². The first-order chi connectivity index (χ1) is 7.00. The first-order valence-corrected chi connectivity index (χ1v) is 6.20. The van der Waals surface area contributed by atoms with Crippen LogP contribution in [0.2, 0.25) is 0 Å². The number of allylic oxidation sites excluding steroid dienone is 3. The zero-order chi connectivity index (χ0) is 11.1. The zero-order valence-electron chi connectivity index (χ0n) is 9.59. The van der Waals surface area contributed by atoms with Crippen LogP contribution < -0.4 is 0 Å². The van der Waals surface area contributed by atoms with Crippen LogP contribution in [0.4, 0.5) is 0 Å². The van der Waals surface area contributed by atoms with E-state index in [0.29, 0.717) is 0 Å². The van der Waals surface area contributed by atoms with E-state index in [1.807, 2.05) is 0 Å². The molecule has 1 aliphatic heterocycles. The summed E-state index contributed by atoms with van der Waals surface area (Å²) in [4.78, 5) is 2.33. The maximum Gasteiger partial charge on any atom is 0.133 e. The minimum Gasteiger partial charge on any atom is -0.357 e. The van der Waals surface area contributed by atoms with Crippen LogP contribution in [0, 0.1) is 0 Å². The average Bonchev–Trinajstić information content (AvgIpc) is 2.45. The van der Waals surface area contributed by atoms with Gasteiger partial charge in [0.05, 0.1) is 6.61 Å². The molecule has 0 aromatic carbocycles. The van der Waals surface area contributed by atoms with Crippen LogP contribution in [0.3, 0.4) is 0 Å². The van der Waals surface area contributed by atoms with Gasteiger partial charge in [0.1, 0.15) is 6.23 Å². The van der Waals surface area contributed by atoms with E-state index in [4.69, 9.17) is 4.74 Å². The molecule has 0 radical (unpaired) electrons. The second kappa shape index (κ2) is 4.04. The smallest absolute Gasteiger partial charge is 0.133 e. The number of ether oxygens (including phenoxy) is 1. The molecule has 0 N–H and O–H groups in total. The van der Waals surface area contributed by atoms with Gasteiger partial charge in [0.15, 0.2) is 0 Å². The molecule has 0 aromatic rings. The van der Waals surface area contributed by atoms with Gasteiger partial charge in [0.25, 0.3) is 0 Å². The van der Waals surface area contributed by atoms with Crippen molar-refractivity contribution >= 4 is 15.9 Å². The first-order valence-electron chi connectivity index (χ1n) is 5.40. The number of hydrogen-bond donors (Lipinski definition) is 0. The summed E-state index contributed by atoms with van der Waals surface area (Å²) >= 11 is 3.52. The van der Waals surface area contributed by atoms with Crippen molar-refractivity contribution in [1.29, 1.82) is 0 Å². The van der Waals surface area contributed by atoms with Gasteiger partial charge >= 0.3 is 0 Å². The molecule has 0 amide bonds. The topological polar surface area (TPSA) is 12.5 Å². The largest absolute Gasteiger partial charge is 0.357 e. The molecule has 15 heavy (non-hydrogen) atoms. The van der Waals surface area contributed by atoms with Gasteiger partial charge in [-0.2, -0.15) is 0 Å². The third kappa shape index (κ3) is 2.19. The first kappa shape index (κ1) is 11.4. The van der Waals surface area contributed by atoms with Gasteiger partial charge in [-0.25, -0.2) is 0 Å². The molecule has 0 spiro atoms. The third-order valence-corrected chi connectivity index (χ3v) is 4.01. The van der Waals surface area contributed by atoms with E-state index < -0.39 is 0 Å². The number of halogens is 1. The molecule has 1 aliphatic carbocycles. The quantitative estimate of drug-likeness (QED) is 0.727. The highest BCUT2D eigenvalue weighted by Crippen LogP contribution is 2.33. The number of nitrogens with zero attached hydrogens (tertiary/aromatic N) is 1. The fraction of sp³-hybridized carbons (Fsp3) is 0.667. The average molecular weight is 272 g/mol. The maximum atomic E-state index is 5.87. The second-order valence-electron chi connectivity index (χ2n) is 4.94. The van der Waals surface area contributed by atoms with E-state index in [0.717, 1.165) is 19.4 Å². The lowest BCUT2D eigenvalue weighted by Gasteiger charge is -2.30. The van der Waals surface area contributed by atoms with Gasteiger partial charge in [0, 0.05) is 5.54 Å². The van der Waals surface area contributed by atoms with E-state index >= 15 is 0 Å². The van der Waals surface area contributed by atoms with Gasteiger partial charge in [-0.15, -0.1) is 0 Å². The molecule has 3 heteroatoms. The SMILES string of the molecule is CN1C(C2=CC=C(Br)CC2)OCC1(C)C. The van der Waals surface area contributed by atoms with E-state index in [-0.39, 0.29) is 11.8 Å². The fourth-order valence-electron chi connectivity index (χ4n) is 2.00. The molecule has 0 saturated carbocycles. The van der Waals surface area contributed by atoms with Crippen molar-refractivity contribution in [3.8, 4) is 0 Å². The number of rotatable bonds is 1. The summed E-state index contributed by atoms with van der Waals surface area (Å²) in [5, 5.41) is 0. The summed E-state index contributed by atoms with van der Waals surface area (Å²) < 4.78 is 7.15. The summed E-state index contributed by atoms with van der Waals surface area (Å²) in [5.41, 5.74) is 1.55. The second-order valence-corrected chi connectivity index (χ2v) is 5.96. The van der Waals surface area contributed by atoms with Crippen LogP contribution in [0.1, 0.15) is 26.7 Å².